The molecule has 0 unspecified atom stereocenters. The number of anilines is 1. The second kappa shape index (κ2) is 5.34. The Balaban J connectivity index is 2.44. The Morgan fingerprint density at radius 1 is 1.05 bits per heavy atom. The van der Waals surface area contributed by atoms with Crippen molar-refractivity contribution in [3.05, 3.63) is 54.1 Å². The van der Waals surface area contributed by atoms with Crippen LogP contribution in [0.4, 0.5) is 5.69 Å². The van der Waals surface area contributed by atoms with Crippen molar-refractivity contribution < 1.29 is 18.3 Å². The average molecular weight is 291 g/mol. The highest BCUT2D eigenvalue weighted by Crippen LogP contribution is 2.22. The second-order valence-corrected chi connectivity index (χ2v) is 6.24. The number of nitrogen functional groups attached to an aromatic ring is 1. The fraction of sp³-hybridized carbons (Fsp3) is 0.0714. The van der Waals surface area contributed by atoms with Crippen molar-refractivity contribution in [3.63, 3.8) is 0 Å². The monoisotopic (exact) mass is 291 g/mol. The van der Waals surface area contributed by atoms with Gasteiger partial charge in [0.15, 0.2) is 0 Å². The fourth-order valence-electron chi connectivity index (χ4n) is 1.78. The van der Waals surface area contributed by atoms with Crippen LogP contribution in [-0.4, -0.2) is 19.5 Å². The van der Waals surface area contributed by atoms with E-state index in [1.807, 2.05) is 0 Å². The van der Waals surface area contributed by atoms with Gasteiger partial charge in [0.1, 0.15) is 0 Å². The van der Waals surface area contributed by atoms with Crippen molar-refractivity contribution in [1.82, 2.24) is 0 Å². The number of hydrogen-bond donors (Lipinski definition) is 2. The predicted octanol–water partition coefficient (Wildman–Crippen LogP) is 1.73. The van der Waals surface area contributed by atoms with Gasteiger partial charge in [0.25, 0.3) is 0 Å². The molecule has 104 valence electrons. The van der Waals surface area contributed by atoms with E-state index in [0.29, 0.717) is 11.3 Å². The summed E-state index contributed by atoms with van der Waals surface area (Å²) in [7, 11) is -3.66. The van der Waals surface area contributed by atoms with Gasteiger partial charge in [-0.3, -0.25) is 4.79 Å². The summed E-state index contributed by atoms with van der Waals surface area (Å²) < 4.78 is 24.8. The van der Waals surface area contributed by atoms with E-state index in [1.165, 1.54) is 42.5 Å². The standard InChI is InChI=1S/C14H13NO4S/c15-11-4-6-12(7-5-11)20(18,19)13-3-1-2-10(8-13)9-14(16)17/h1-8H,9,15H2,(H,16,17). The molecule has 6 heteroatoms. The third kappa shape index (κ3) is 2.97. The van der Waals surface area contributed by atoms with Crippen LogP contribution in [0.3, 0.4) is 0 Å². The van der Waals surface area contributed by atoms with Crippen LogP contribution in [0.5, 0.6) is 0 Å². The lowest BCUT2D eigenvalue weighted by Gasteiger charge is -2.06. The summed E-state index contributed by atoms with van der Waals surface area (Å²) in [6.07, 6.45) is -0.217. The molecule has 0 aliphatic rings. The van der Waals surface area contributed by atoms with E-state index in [4.69, 9.17) is 10.8 Å². The number of hydrogen-bond acceptors (Lipinski definition) is 4. The summed E-state index contributed by atoms with van der Waals surface area (Å²) in [5, 5.41) is 8.74. The number of sulfone groups is 1. The second-order valence-electron chi connectivity index (χ2n) is 4.29. The van der Waals surface area contributed by atoms with Crippen molar-refractivity contribution in [2.24, 2.45) is 0 Å². The number of carboxylic acids is 1. The Morgan fingerprint density at radius 2 is 1.70 bits per heavy atom. The van der Waals surface area contributed by atoms with Crippen molar-refractivity contribution in [2.45, 2.75) is 16.2 Å². The molecule has 5 nitrogen and oxygen atoms in total. The first kappa shape index (κ1) is 14.1. The molecule has 0 aromatic heterocycles. The summed E-state index contributed by atoms with van der Waals surface area (Å²) in [5.74, 6) is -1.01. The summed E-state index contributed by atoms with van der Waals surface area (Å²) in [6.45, 7) is 0. The molecular formula is C14H13NO4S. The highest BCUT2D eigenvalue weighted by atomic mass is 32.2. The molecule has 0 radical (unpaired) electrons. The molecule has 0 heterocycles. The molecule has 0 saturated heterocycles. The van der Waals surface area contributed by atoms with Gasteiger partial charge in [0.2, 0.25) is 9.84 Å². The molecule has 0 spiro atoms. The summed E-state index contributed by atoms with van der Waals surface area (Å²) >= 11 is 0. The van der Waals surface area contributed by atoms with Gasteiger partial charge in [-0.15, -0.1) is 0 Å². The van der Waals surface area contributed by atoms with E-state index in [2.05, 4.69) is 0 Å². The number of carboxylic acid groups (broad SMARTS) is 1. The zero-order valence-corrected chi connectivity index (χ0v) is 11.3. The van der Waals surface area contributed by atoms with E-state index in [1.54, 1.807) is 6.07 Å². The zero-order chi connectivity index (χ0) is 14.8. The Hall–Kier alpha value is -2.34. The minimum Gasteiger partial charge on any atom is -0.481 e. The van der Waals surface area contributed by atoms with Crippen LogP contribution in [0.1, 0.15) is 5.56 Å². The van der Waals surface area contributed by atoms with Crippen LogP contribution in [-0.2, 0) is 21.1 Å². The number of rotatable bonds is 4. The first-order chi connectivity index (χ1) is 9.39. The van der Waals surface area contributed by atoms with E-state index in [-0.39, 0.29) is 16.2 Å². The maximum Gasteiger partial charge on any atom is 0.307 e. The highest BCUT2D eigenvalue weighted by Gasteiger charge is 2.18. The number of aliphatic carboxylic acids is 1. The van der Waals surface area contributed by atoms with Gasteiger partial charge < -0.3 is 10.8 Å². The molecule has 0 atom stereocenters. The van der Waals surface area contributed by atoms with Crippen LogP contribution in [0.2, 0.25) is 0 Å². The smallest absolute Gasteiger partial charge is 0.307 e. The van der Waals surface area contributed by atoms with Gasteiger partial charge in [-0.1, -0.05) is 12.1 Å². The lowest BCUT2D eigenvalue weighted by atomic mass is 10.2. The molecule has 2 aromatic rings. The van der Waals surface area contributed by atoms with Gasteiger partial charge in [-0.2, -0.15) is 0 Å². The van der Waals surface area contributed by atoms with Gasteiger partial charge in [-0.25, -0.2) is 8.42 Å². The molecule has 0 fully saturated rings. The Bertz CT molecular complexity index is 736. The van der Waals surface area contributed by atoms with Crippen molar-refractivity contribution in [1.29, 1.82) is 0 Å². The minimum absolute atomic E-state index is 0.0704. The molecular weight excluding hydrogens is 278 g/mol. The lowest BCUT2D eigenvalue weighted by Crippen LogP contribution is -2.05. The quantitative estimate of drug-likeness (QED) is 0.836. The SMILES string of the molecule is Nc1ccc(S(=O)(=O)c2cccc(CC(=O)O)c2)cc1. The van der Waals surface area contributed by atoms with Gasteiger partial charge in [0, 0.05) is 5.69 Å². The molecule has 20 heavy (non-hydrogen) atoms. The van der Waals surface area contributed by atoms with E-state index in [0.717, 1.165) is 0 Å². The third-order valence-corrected chi connectivity index (χ3v) is 4.52. The maximum atomic E-state index is 12.4. The van der Waals surface area contributed by atoms with E-state index >= 15 is 0 Å². The molecule has 0 amide bonds. The number of benzene rings is 2. The Labute approximate surface area is 116 Å². The minimum atomic E-state index is -3.66. The average Bonchev–Trinajstić information content (AvgIpc) is 2.39. The van der Waals surface area contributed by atoms with E-state index in [9.17, 15) is 13.2 Å². The molecule has 3 N–H and O–H groups in total. The maximum absolute atomic E-state index is 12.4. The number of carbonyl (C=O) groups is 1. The molecule has 2 aromatic carbocycles. The van der Waals surface area contributed by atoms with Crippen molar-refractivity contribution >= 4 is 21.5 Å². The molecule has 0 aliphatic heterocycles. The van der Waals surface area contributed by atoms with Crippen LogP contribution < -0.4 is 5.73 Å². The molecule has 2 rings (SSSR count). The number of nitrogens with two attached hydrogens (primary N) is 1. The van der Waals surface area contributed by atoms with Crippen LogP contribution in [0.25, 0.3) is 0 Å². The summed E-state index contributed by atoms with van der Waals surface area (Å²) in [5.41, 5.74) is 6.44. The zero-order valence-electron chi connectivity index (χ0n) is 10.5. The fourth-order valence-corrected chi connectivity index (χ4v) is 3.11. The third-order valence-electron chi connectivity index (χ3n) is 2.75. The summed E-state index contributed by atoms with van der Waals surface area (Å²) in [6, 6.07) is 11.8. The Kier molecular flexibility index (Phi) is 3.76. The normalized spacial score (nSPS) is 11.2. The first-order valence-electron chi connectivity index (χ1n) is 5.81. The van der Waals surface area contributed by atoms with Crippen LogP contribution >= 0.6 is 0 Å². The van der Waals surface area contributed by atoms with Crippen molar-refractivity contribution in [2.75, 3.05) is 5.73 Å². The van der Waals surface area contributed by atoms with Gasteiger partial charge in [-0.05, 0) is 42.0 Å². The summed E-state index contributed by atoms with van der Waals surface area (Å²) in [4.78, 5) is 10.9. The van der Waals surface area contributed by atoms with Crippen molar-refractivity contribution in [3.8, 4) is 0 Å². The van der Waals surface area contributed by atoms with Gasteiger partial charge >= 0.3 is 5.97 Å². The van der Waals surface area contributed by atoms with Gasteiger partial charge in [0.05, 0.1) is 16.2 Å². The topological polar surface area (TPSA) is 97.5 Å². The molecule has 0 saturated carbocycles. The Morgan fingerprint density at radius 3 is 2.30 bits per heavy atom. The van der Waals surface area contributed by atoms with Crippen LogP contribution in [0, 0.1) is 0 Å². The van der Waals surface area contributed by atoms with Crippen LogP contribution in [0.15, 0.2) is 58.3 Å². The largest absolute Gasteiger partial charge is 0.481 e. The predicted molar refractivity (Wildman–Crippen MR) is 74.1 cm³/mol. The lowest BCUT2D eigenvalue weighted by molar-refractivity contribution is -0.136. The molecule has 0 aliphatic carbocycles. The highest BCUT2D eigenvalue weighted by molar-refractivity contribution is 7.91. The van der Waals surface area contributed by atoms with E-state index < -0.39 is 15.8 Å². The first-order valence-corrected chi connectivity index (χ1v) is 7.29. The molecule has 0 bridgehead atoms.